The minimum absolute atomic E-state index is 0. The van der Waals surface area contributed by atoms with E-state index in [4.69, 9.17) is 4.74 Å². The van der Waals surface area contributed by atoms with Crippen LogP contribution in [0.2, 0.25) is 0 Å². The smallest absolute Gasteiger partial charge is 0.0702 e. The van der Waals surface area contributed by atoms with Crippen molar-refractivity contribution in [2.75, 3.05) is 31.6 Å². The third-order valence-corrected chi connectivity index (χ3v) is 5.05. The first-order valence-corrected chi connectivity index (χ1v) is 8.57. The highest BCUT2D eigenvalue weighted by Gasteiger charge is 2.26. The SMILES string of the molecule is Cl.c1cc2c(c(CN3CCCC(OCC4CC4)C3)c1)NCC2. The fraction of sp³-hybridized carbons (Fsp3) is 0.667. The van der Waals surface area contributed by atoms with Crippen LogP contribution in [0.4, 0.5) is 5.69 Å². The van der Waals surface area contributed by atoms with E-state index in [1.54, 1.807) is 0 Å². The molecule has 1 unspecified atom stereocenters. The highest BCUT2D eigenvalue weighted by Crippen LogP contribution is 2.31. The van der Waals surface area contributed by atoms with Gasteiger partial charge in [0.1, 0.15) is 0 Å². The maximum absolute atomic E-state index is 6.11. The Hall–Kier alpha value is -0.770. The van der Waals surface area contributed by atoms with Crippen LogP contribution in [0.15, 0.2) is 18.2 Å². The summed E-state index contributed by atoms with van der Waals surface area (Å²) in [5, 5.41) is 3.56. The molecule has 0 aromatic heterocycles. The van der Waals surface area contributed by atoms with Crippen LogP contribution in [0.1, 0.15) is 36.8 Å². The zero-order chi connectivity index (χ0) is 14.1. The van der Waals surface area contributed by atoms with Gasteiger partial charge in [-0.05, 0) is 55.7 Å². The predicted octanol–water partition coefficient (Wildman–Crippen LogP) is 3.47. The number of nitrogens with one attached hydrogen (secondary N) is 1. The number of rotatable bonds is 5. The van der Waals surface area contributed by atoms with Crippen LogP contribution in [-0.2, 0) is 17.7 Å². The van der Waals surface area contributed by atoms with Crippen molar-refractivity contribution in [3.05, 3.63) is 29.3 Å². The van der Waals surface area contributed by atoms with Gasteiger partial charge in [-0.1, -0.05) is 18.2 Å². The summed E-state index contributed by atoms with van der Waals surface area (Å²) in [6, 6.07) is 6.76. The van der Waals surface area contributed by atoms with E-state index in [1.165, 1.54) is 55.5 Å². The first kappa shape index (κ1) is 16.1. The summed E-state index contributed by atoms with van der Waals surface area (Å²) in [7, 11) is 0. The molecule has 1 aliphatic carbocycles. The Morgan fingerprint density at radius 3 is 3.00 bits per heavy atom. The highest BCUT2D eigenvalue weighted by atomic mass is 35.5. The average molecular weight is 323 g/mol. The number of hydrogen-bond acceptors (Lipinski definition) is 3. The lowest BCUT2D eigenvalue weighted by Crippen LogP contribution is -2.39. The topological polar surface area (TPSA) is 24.5 Å². The molecule has 4 rings (SSSR count). The summed E-state index contributed by atoms with van der Waals surface area (Å²) in [6.07, 6.45) is 6.93. The van der Waals surface area contributed by atoms with E-state index in [-0.39, 0.29) is 12.4 Å². The number of ether oxygens (including phenoxy) is 1. The highest BCUT2D eigenvalue weighted by molar-refractivity contribution is 5.85. The number of likely N-dealkylation sites (tertiary alicyclic amines) is 1. The van der Waals surface area contributed by atoms with Crippen molar-refractivity contribution >= 4 is 18.1 Å². The first-order chi connectivity index (χ1) is 10.4. The molecule has 1 saturated carbocycles. The summed E-state index contributed by atoms with van der Waals surface area (Å²) < 4.78 is 6.11. The molecule has 0 amide bonds. The number of hydrogen-bond donors (Lipinski definition) is 1. The van der Waals surface area contributed by atoms with E-state index < -0.39 is 0 Å². The molecule has 3 aliphatic rings. The average Bonchev–Trinajstić information content (AvgIpc) is 3.21. The molecule has 122 valence electrons. The van der Waals surface area contributed by atoms with Gasteiger partial charge in [-0.15, -0.1) is 12.4 Å². The number of nitrogens with zero attached hydrogens (tertiary/aromatic N) is 1. The third-order valence-electron chi connectivity index (χ3n) is 5.05. The van der Waals surface area contributed by atoms with Crippen LogP contribution in [0.25, 0.3) is 0 Å². The lowest BCUT2D eigenvalue weighted by Gasteiger charge is -2.33. The molecule has 1 saturated heterocycles. The van der Waals surface area contributed by atoms with Crippen LogP contribution < -0.4 is 5.32 Å². The van der Waals surface area contributed by atoms with Crippen molar-refractivity contribution in [1.29, 1.82) is 0 Å². The maximum atomic E-state index is 6.11. The van der Waals surface area contributed by atoms with Gasteiger partial charge >= 0.3 is 0 Å². The molecule has 1 aromatic carbocycles. The Balaban J connectivity index is 0.00000144. The van der Waals surface area contributed by atoms with Crippen molar-refractivity contribution < 1.29 is 4.74 Å². The van der Waals surface area contributed by atoms with Crippen molar-refractivity contribution in [1.82, 2.24) is 4.90 Å². The molecule has 22 heavy (non-hydrogen) atoms. The van der Waals surface area contributed by atoms with Gasteiger partial charge in [0, 0.05) is 31.9 Å². The second-order valence-corrected chi connectivity index (χ2v) is 6.90. The van der Waals surface area contributed by atoms with Gasteiger partial charge in [0.2, 0.25) is 0 Å². The van der Waals surface area contributed by atoms with Crippen molar-refractivity contribution in [2.24, 2.45) is 5.92 Å². The van der Waals surface area contributed by atoms with Crippen LogP contribution in [0.5, 0.6) is 0 Å². The first-order valence-electron chi connectivity index (χ1n) is 8.57. The Morgan fingerprint density at radius 2 is 2.14 bits per heavy atom. The van der Waals surface area contributed by atoms with Crippen LogP contribution >= 0.6 is 12.4 Å². The van der Waals surface area contributed by atoms with E-state index >= 15 is 0 Å². The van der Waals surface area contributed by atoms with Gasteiger partial charge in [0.15, 0.2) is 0 Å². The monoisotopic (exact) mass is 322 g/mol. The third kappa shape index (κ3) is 3.76. The van der Waals surface area contributed by atoms with E-state index in [0.29, 0.717) is 6.10 Å². The molecule has 0 bridgehead atoms. The number of anilines is 1. The molecule has 0 radical (unpaired) electrons. The number of halogens is 1. The fourth-order valence-corrected chi connectivity index (χ4v) is 3.63. The van der Waals surface area contributed by atoms with Crippen LogP contribution in [0.3, 0.4) is 0 Å². The minimum atomic E-state index is 0. The molecule has 2 aliphatic heterocycles. The molecule has 1 atom stereocenters. The van der Waals surface area contributed by atoms with Crippen molar-refractivity contribution in [2.45, 2.75) is 44.8 Å². The fourth-order valence-electron chi connectivity index (χ4n) is 3.63. The molecule has 0 spiro atoms. The van der Waals surface area contributed by atoms with Gasteiger partial charge in [-0.2, -0.15) is 0 Å². The number of para-hydroxylation sites is 1. The van der Waals surface area contributed by atoms with Gasteiger partial charge in [0.25, 0.3) is 0 Å². The van der Waals surface area contributed by atoms with Crippen molar-refractivity contribution in [3.8, 4) is 0 Å². The molecule has 4 heteroatoms. The lowest BCUT2D eigenvalue weighted by atomic mass is 10.0. The van der Waals surface area contributed by atoms with Gasteiger partial charge in [0.05, 0.1) is 6.10 Å². The maximum Gasteiger partial charge on any atom is 0.0702 e. The summed E-state index contributed by atoms with van der Waals surface area (Å²) in [5.41, 5.74) is 4.36. The normalized spacial score (nSPS) is 24.5. The number of benzene rings is 1. The number of piperidine rings is 1. The van der Waals surface area contributed by atoms with Crippen molar-refractivity contribution in [3.63, 3.8) is 0 Å². The standard InChI is InChI=1S/C18H26N2O.ClH/c1-3-15-8-9-19-18(15)16(4-1)11-20-10-2-5-17(12-20)21-13-14-6-7-14;/h1,3-4,14,17,19H,2,5-13H2;1H. The number of fused-ring (bicyclic) bond motifs is 1. The minimum Gasteiger partial charge on any atom is -0.384 e. The Labute approximate surface area is 139 Å². The zero-order valence-electron chi connectivity index (χ0n) is 13.2. The van der Waals surface area contributed by atoms with Gasteiger partial charge in [-0.3, -0.25) is 4.90 Å². The van der Waals surface area contributed by atoms with Gasteiger partial charge in [-0.25, -0.2) is 0 Å². The summed E-state index contributed by atoms with van der Waals surface area (Å²) in [4.78, 5) is 2.58. The quantitative estimate of drug-likeness (QED) is 0.898. The Bertz CT molecular complexity index is 504. The second-order valence-electron chi connectivity index (χ2n) is 6.90. The zero-order valence-corrected chi connectivity index (χ0v) is 14.0. The van der Waals surface area contributed by atoms with E-state index in [9.17, 15) is 0 Å². The predicted molar refractivity (Wildman–Crippen MR) is 92.9 cm³/mol. The molecule has 3 nitrogen and oxygen atoms in total. The molecular formula is C18H27ClN2O. The Morgan fingerprint density at radius 1 is 1.23 bits per heavy atom. The van der Waals surface area contributed by atoms with E-state index in [1.807, 2.05) is 0 Å². The molecule has 2 fully saturated rings. The summed E-state index contributed by atoms with van der Waals surface area (Å²) in [6.45, 7) is 5.49. The molecular weight excluding hydrogens is 296 g/mol. The van der Waals surface area contributed by atoms with E-state index in [2.05, 4.69) is 28.4 Å². The molecule has 2 heterocycles. The second kappa shape index (κ2) is 7.20. The van der Waals surface area contributed by atoms with Gasteiger partial charge < -0.3 is 10.1 Å². The summed E-state index contributed by atoms with van der Waals surface area (Å²) >= 11 is 0. The Kier molecular flexibility index (Phi) is 5.27. The van der Waals surface area contributed by atoms with Crippen LogP contribution in [0, 0.1) is 5.92 Å². The van der Waals surface area contributed by atoms with E-state index in [0.717, 1.165) is 32.2 Å². The molecule has 1 N–H and O–H groups in total. The lowest BCUT2D eigenvalue weighted by molar-refractivity contribution is -0.00719. The summed E-state index contributed by atoms with van der Waals surface area (Å²) in [5.74, 6) is 0.877. The largest absolute Gasteiger partial charge is 0.384 e. The van der Waals surface area contributed by atoms with Crippen LogP contribution in [-0.4, -0.2) is 37.2 Å². The molecule has 1 aromatic rings.